The Labute approximate surface area is 224 Å². The minimum absolute atomic E-state index is 0.0212. The number of rotatable bonds is 8. The Balaban J connectivity index is 3.59. The standard InChI is InChI=1S/C26H56O7Si3/c1-18(27)30-22-21(33-36(15,16)26(8,9)10)20(32-35(13,14)25(5,6)7)19(31-23(22)28)17-29-34(11,12)24(2,3)4/h19-23,28H,17H2,1-16H3/t19-,20+,21+,22-,23-/m1/s1. The second kappa shape index (κ2) is 11.2. The molecule has 214 valence electrons. The van der Waals surface area contributed by atoms with Gasteiger partial charge in [0, 0.05) is 6.92 Å². The highest BCUT2D eigenvalue weighted by atomic mass is 28.4. The van der Waals surface area contributed by atoms with Gasteiger partial charge in [-0.15, -0.1) is 0 Å². The highest BCUT2D eigenvalue weighted by molar-refractivity contribution is 6.75. The van der Waals surface area contributed by atoms with Gasteiger partial charge in [-0.1, -0.05) is 62.3 Å². The molecule has 0 aromatic carbocycles. The second-order valence-electron chi connectivity index (χ2n) is 14.9. The molecule has 0 amide bonds. The summed E-state index contributed by atoms with van der Waals surface area (Å²) in [6.07, 6.45) is -4.13. The molecule has 5 atom stereocenters. The largest absolute Gasteiger partial charge is 0.454 e. The van der Waals surface area contributed by atoms with Crippen LogP contribution in [0.2, 0.25) is 54.4 Å². The minimum atomic E-state index is -2.35. The summed E-state index contributed by atoms with van der Waals surface area (Å²) in [4.78, 5) is 12.1. The molecule has 0 saturated carbocycles. The van der Waals surface area contributed by atoms with Crippen LogP contribution in [-0.4, -0.2) is 73.3 Å². The fraction of sp³-hybridized carbons (Fsp3) is 0.962. The Morgan fingerprint density at radius 1 is 0.722 bits per heavy atom. The van der Waals surface area contributed by atoms with E-state index in [0.29, 0.717) is 0 Å². The van der Waals surface area contributed by atoms with Gasteiger partial charge in [0.15, 0.2) is 37.3 Å². The van der Waals surface area contributed by atoms with Crippen LogP contribution in [-0.2, 0) is 27.5 Å². The fourth-order valence-electron chi connectivity index (χ4n) is 3.16. The molecule has 0 spiro atoms. The lowest BCUT2D eigenvalue weighted by Gasteiger charge is -2.52. The van der Waals surface area contributed by atoms with Crippen molar-refractivity contribution in [2.24, 2.45) is 0 Å². The Hall–Kier alpha value is -0.0794. The van der Waals surface area contributed by atoms with Crippen LogP contribution >= 0.6 is 0 Å². The van der Waals surface area contributed by atoms with Crippen molar-refractivity contribution in [1.29, 1.82) is 0 Å². The maximum Gasteiger partial charge on any atom is 0.303 e. The lowest BCUT2D eigenvalue weighted by atomic mass is 9.99. The Morgan fingerprint density at radius 3 is 1.47 bits per heavy atom. The smallest absolute Gasteiger partial charge is 0.303 e. The van der Waals surface area contributed by atoms with Crippen LogP contribution in [0.3, 0.4) is 0 Å². The van der Waals surface area contributed by atoms with Crippen molar-refractivity contribution in [2.75, 3.05) is 6.61 Å². The van der Waals surface area contributed by atoms with E-state index >= 15 is 0 Å². The summed E-state index contributed by atoms with van der Waals surface area (Å²) in [5.41, 5.74) is 0. The third kappa shape index (κ3) is 8.21. The number of esters is 1. The molecule has 1 rings (SSSR count). The molecule has 1 N–H and O–H groups in total. The normalized spacial score (nSPS) is 27.2. The lowest BCUT2D eigenvalue weighted by Crippen LogP contribution is -2.67. The van der Waals surface area contributed by atoms with Gasteiger partial charge in [-0.3, -0.25) is 4.79 Å². The maximum atomic E-state index is 12.1. The van der Waals surface area contributed by atoms with Crippen LogP contribution in [0.4, 0.5) is 0 Å². The zero-order valence-corrected chi connectivity index (χ0v) is 29.0. The van der Waals surface area contributed by atoms with Gasteiger partial charge in [0.05, 0.1) is 6.61 Å². The lowest BCUT2D eigenvalue weighted by molar-refractivity contribution is -0.284. The van der Waals surface area contributed by atoms with Crippen molar-refractivity contribution in [1.82, 2.24) is 0 Å². The predicted molar refractivity (Wildman–Crippen MR) is 154 cm³/mol. The first-order chi connectivity index (χ1) is 15.7. The summed E-state index contributed by atoms with van der Waals surface area (Å²) in [6, 6.07) is 0. The summed E-state index contributed by atoms with van der Waals surface area (Å²) in [7, 11) is -6.76. The van der Waals surface area contributed by atoms with Crippen molar-refractivity contribution in [2.45, 2.75) is 154 Å². The van der Waals surface area contributed by atoms with Crippen molar-refractivity contribution in [3.63, 3.8) is 0 Å². The number of hydrogen-bond donors (Lipinski definition) is 1. The van der Waals surface area contributed by atoms with Crippen molar-refractivity contribution in [3.05, 3.63) is 0 Å². The molecule has 0 aromatic rings. The summed E-state index contributed by atoms with van der Waals surface area (Å²) >= 11 is 0. The van der Waals surface area contributed by atoms with Gasteiger partial charge in [-0.2, -0.15) is 0 Å². The molecular weight excluding hydrogens is 509 g/mol. The van der Waals surface area contributed by atoms with Crippen molar-refractivity contribution < 1.29 is 32.7 Å². The zero-order valence-electron chi connectivity index (χ0n) is 26.0. The summed E-state index contributed by atoms with van der Waals surface area (Å²) in [5.74, 6) is -0.492. The molecule has 0 radical (unpaired) electrons. The van der Waals surface area contributed by atoms with Crippen LogP contribution in [0.25, 0.3) is 0 Å². The Bertz CT molecular complexity index is 748. The minimum Gasteiger partial charge on any atom is -0.454 e. The molecule has 0 aromatic heterocycles. The average molecular weight is 565 g/mol. The SMILES string of the molecule is CC(=O)O[C@@H]1[C@@H](O[Si](C)(C)C(C)(C)C)[C@@H](O[Si](C)(C)C(C)(C)C)[C@@H](CO[Si](C)(C)C(C)(C)C)O[C@H]1O. The molecule has 1 aliphatic heterocycles. The van der Waals surface area contributed by atoms with Crippen molar-refractivity contribution in [3.8, 4) is 0 Å². The Kier molecular flexibility index (Phi) is 10.6. The predicted octanol–water partition coefficient (Wildman–Crippen LogP) is 6.44. The third-order valence-corrected chi connectivity index (χ3v) is 22.2. The van der Waals surface area contributed by atoms with E-state index in [4.69, 9.17) is 22.8 Å². The van der Waals surface area contributed by atoms with Gasteiger partial charge in [-0.05, 0) is 54.4 Å². The first-order valence-electron chi connectivity index (χ1n) is 13.2. The monoisotopic (exact) mass is 564 g/mol. The average Bonchev–Trinajstić information content (AvgIpc) is 2.62. The van der Waals surface area contributed by atoms with E-state index in [1.54, 1.807) is 0 Å². The van der Waals surface area contributed by atoms with Gasteiger partial charge < -0.3 is 27.9 Å². The molecule has 0 unspecified atom stereocenters. The number of hydrogen-bond acceptors (Lipinski definition) is 7. The highest BCUT2D eigenvalue weighted by Crippen LogP contribution is 2.44. The van der Waals surface area contributed by atoms with Gasteiger partial charge >= 0.3 is 5.97 Å². The topological polar surface area (TPSA) is 83.5 Å². The molecule has 1 fully saturated rings. The molecule has 1 heterocycles. The number of aliphatic hydroxyl groups is 1. The highest BCUT2D eigenvalue weighted by Gasteiger charge is 2.55. The molecular formula is C26H56O7Si3. The van der Waals surface area contributed by atoms with Gasteiger partial charge in [0.1, 0.15) is 18.3 Å². The molecule has 7 nitrogen and oxygen atoms in total. The number of carbonyl (C=O) groups is 1. The quantitative estimate of drug-likeness (QED) is 0.268. The zero-order chi connectivity index (χ0) is 28.7. The molecule has 1 aliphatic rings. The van der Waals surface area contributed by atoms with Crippen LogP contribution in [0.15, 0.2) is 0 Å². The van der Waals surface area contributed by atoms with Gasteiger partial charge in [0.2, 0.25) is 0 Å². The molecule has 0 aliphatic carbocycles. The van der Waals surface area contributed by atoms with E-state index in [9.17, 15) is 9.90 Å². The maximum absolute atomic E-state index is 12.1. The first kappa shape index (κ1) is 33.9. The number of carbonyl (C=O) groups excluding carboxylic acids is 1. The van der Waals surface area contributed by atoms with Crippen LogP contribution in [0.5, 0.6) is 0 Å². The van der Waals surface area contributed by atoms with E-state index in [0.717, 1.165) is 0 Å². The summed E-state index contributed by atoms with van der Waals surface area (Å²) < 4.78 is 32.2. The van der Waals surface area contributed by atoms with Crippen LogP contribution in [0, 0.1) is 0 Å². The van der Waals surface area contributed by atoms with E-state index in [1.807, 2.05) is 0 Å². The Morgan fingerprint density at radius 2 is 1.11 bits per heavy atom. The van der Waals surface area contributed by atoms with E-state index < -0.39 is 61.6 Å². The second-order valence-corrected chi connectivity index (χ2v) is 29.2. The number of ether oxygens (including phenoxy) is 2. The van der Waals surface area contributed by atoms with Crippen LogP contribution in [0.1, 0.15) is 69.2 Å². The van der Waals surface area contributed by atoms with E-state index in [1.165, 1.54) is 6.92 Å². The summed E-state index contributed by atoms with van der Waals surface area (Å²) in [6.45, 7) is 34.3. The molecule has 36 heavy (non-hydrogen) atoms. The van der Waals surface area contributed by atoms with Crippen LogP contribution < -0.4 is 0 Å². The van der Waals surface area contributed by atoms with E-state index in [2.05, 4.69) is 102 Å². The van der Waals surface area contributed by atoms with Crippen molar-refractivity contribution >= 4 is 30.9 Å². The van der Waals surface area contributed by atoms with Gasteiger partial charge in [0.25, 0.3) is 0 Å². The summed E-state index contributed by atoms with van der Waals surface area (Å²) in [5, 5.41) is 10.9. The number of aliphatic hydroxyl groups excluding tert-OH is 1. The molecule has 1 saturated heterocycles. The first-order valence-corrected chi connectivity index (χ1v) is 22.0. The molecule has 0 bridgehead atoms. The van der Waals surface area contributed by atoms with E-state index in [-0.39, 0.29) is 21.7 Å². The fourth-order valence-corrected chi connectivity index (χ4v) is 6.80. The molecule has 10 heteroatoms. The van der Waals surface area contributed by atoms with Gasteiger partial charge in [-0.25, -0.2) is 0 Å². The third-order valence-electron chi connectivity index (χ3n) is 8.80.